The van der Waals surface area contributed by atoms with Gasteiger partial charge < -0.3 is 15.2 Å². The lowest BCUT2D eigenvalue weighted by Crippen LogP contribution is -2.44. The van der Waals surface area contributed by atoms with Gasteiger partial charge in [-0.1, -0.05) is 18.2 Å². The van der Waals surface area contributed by atoms with Crippen LogP contribution in [0.2, 0.25) is 0 Å². The molecule has 0 bridgehead atoms. The normalized spacial score (nSPS) is 15.3. The molecule has 2 N–H and O–H groups in total. The highest BCUT2D eigenvalue weighted by atomic mass is 35.5. The minimum Gasteiger partial charge on any atom is -0.339 e. The zero-order chi connectivity index (χ0) is 14.8. The lowest BCUT2D eigenvalue weighted by atomic mass is 10.0. The van der Waals surface area contributed by atoms with Crippen molar-refractivity contribution in [2.24, 2.45) is 0 Å². The van der Waals surface area contributed by atoms with E-state index in [1.807, 2.05) is 31.3 Å². The van der Waals surface area contributed by atoms with E-state index in [0.717, 1.165) is 31.3 Å². The number of nitrogens with one attached hydrogen (secondary N) is 2. The van der Waals surface area contributed by atoms with Gasteiger partial charge in [-0.15, -0.1) is 12.4 Å². The van der Waals surface area contributed by atoms with Crippen LogP contribution in [0.3, 0.4) is 0 Å². The Morgan fingerprint density at radius 2 is 1.91 bits per heavy atom. The minimum atomic E-state index is -0.240. The topological polar surface area (TPSA) is 65.2 Å². The molecular formula is C16H20ClN3O2. The zero-order valence-electron chi connectivity index (χ0n) is 12.5. The standard InChI is InChI=1S/C16H19N3O2.ClH/c1-19(11-6-8-17-9-7-11)16(21)13-10-15(20)18-14-5-3-2-4-12(13)14;/h2-5,10-11,17H,6-9H2,1H3,(H,18,20);1H. The number of pyridine rings is 1. The Morgan fingerprint density at radius 3 is 2.64 bits per heavy atom. The molecule has 1 aliphatic heterocycles. The summed E-state index contributed by atoms with van der Waals surface area (Å²) < 4.78 is 0. The summed E-state index contributed by atoms with van der Waals surface area (Å²) in [5.41, 5.74) is 0.943. The van der Waals surface area contributed by atoms with Crippen LogP contribution in [0, 0.1) is 0 Å². The molecule has 0 aliphatic carbocycles. The van der Waals surface area contributed by atoms with Gasteiger partial charge in [0.2, 0.25) is 5.56 Å². The zero-order valence-corrected chi connectivity index (χ0v) is 13.3. The van der Waals surface area contributed by atoms with Crippen LogP contribution in [0.25, 0.3) is 10.9 Å². The maximum atomic E-state index is 12.8. The summed E-state index contributed by atoms with van der Waals surface area (Å²) in [4.78, 5) is 29.1. The number of nitrogens with zero attached hydrogens (tertiary/aromatic N) is 1. The van der Waals surface area contributed by atoms with Gasteiger partial charge >= 0.3 is 0 Å². The fourth-order valence-electron chi connectivity index (χ4n) is 2.93. The molecule has 2 aromatic rings. The molecule has 6 heteroatoms. The highest BCUT2D eigenvalue weighted by Crippen LogP contribution is 2.19. The molecule has 1 saturated heterocycles. The Labute approximate surface area is 135 Å². The van der Waals surface area contributed by atoms with Gasteiger partial charge in [0.05, 0.1) is 5.56 Å². The number of aromatic nitrogens is 1. The van der Waals surface area contributed by atoms with Crippen molar-refractivity contribution >= 4 is 29.2 Å². The molecule has 3 rings (SSSR count). The molecule has 118 valence electrons. The van der Waals surface area contributed by atoms with Crippen molar-refractivity contribution in [3.05, 3.63) is 46.2 Å². The Hall–Kier alpha value is -1.85. The molecule has 0 radical (unpaired) electrons. The smallest absolute Gasteiger partial charge is 0.254 e. The first-order chi connectivity index (χ1) is 10.2. The van der Waals surface area contributed by atoms with E-state index in [9.17, 15) is 9.59 Å². The number of hydrogen-bond donors (Lipinski definition) is 2. The fourth-order valence-corrected chi connectivity index (χ4v) is 2.93. The van der Waals surface area contributed by atoms with E-state index in [2.05, 4.69) is 10.3 Å². The second-order valence-corrected chi connectivity index (χ2v) is 5.49. The first kappa shape index (κ1) is 16.5. The largest absolute Gasteiger partial charge is 0.339 e. The van der Waals surface area contributed by atoms with Crippen molar-refractivity contribution < 1.29 is 4.79 Å². The van der Waals surface area contributed by atoms with E-state index in [-0.39, 0.29) is 29.9 Å². The molecule has 0 spiro atoms. The summed E-state index contributed by atoms with van der Waals surface area (Å²) in [7, 11) is 1.83. The quantitative estimate of drug-likeness (QED) is 0.886. The summed E-state index contributed by atoms with van der Waals surface area (Å²) in [6, 6.07) is 9.05. The van der Waals surface area contributed by atoms with Crippen molar-refractivity contribution in [1.82, 2.24) is 15.2 Å². The van der Waals surface area contributed by atoms with Crippen molar-refractivity contribution in [3.8, 4) is 0 Å². The van der Waals surface area contributed by atoms with Crippen LogP contribution in [0.4, 0.5) is 0 Å². The molecule has 1 amide bonds. The average Bonchev–Trinajstić information content (AvgIpc) is 2.53. The molecule has 1 aromatic heterocycles. The number of para-hydroxylation sites is 1. The monoisotopic (exact) mass is 321 g/mol. The van der Waals surface area contributed by atoms with Crippen LogP contribution < -0.4 is 10.9 Å². The number of carbonyl (C=O) groups excluding carboxylic acids is 1. The van der Waals surface area contributed by atoms with Gasteiger partial charge in [-0.2, -0.15) is 0 Å². The predicted molar refractivity (Wildman–Crippen MR) is 89.8 cm³/mol. The number of benzene rings is 1. The molecule has 1 fully saturated rings. The second-order valence-electron chi connectivity index (χ2n) is 5.49. The predicted octanol–water partition coefficient (Wildman–Crippen LogP) is 1.77. The molecule has 22 heavy (non-hydrogen) atoms. The molecular weight excluding hydrogens is 302 g/mol. The van der Waals surface area contributed by atoms with E-state index in [0.29, 0.717) is 11.1 Å². The summed E-state index contributed by atoms with van der Waals surface area (Å²) in [5.74, 6) is -0.0794. The Kier molecular flexibility index (Phi) is 5.21. The minimum absolute atomic E-state index is 0. The summed E-state index contributed by atoms with van der Waals surface area (Å²) >= 11 is 0. The molecule has 2 heterocycles. The van der Waals surface area contributed by atoms with Gasteiger partial charge in [-0.3, -0.25) is 9.59 Å². The van der Waals surface area contributed by atoms with E-state index >= 15 is 0 Å². The van der Waals surface area contributed by atoms with E-state index in [4.69, 9.17) is 0 Å². The summed E-state index contributed by atoms with van der Waals surface area (Å²) in [6.45, 7) is 1.86. The lowest BCUT2D eigenvalue weighted by molar-refractivity contribution is 0.0705. The number of hydrogen-bond acceptors (Lipinski definition) is 3. The third kappa shape index (κ3) is 3.15. The molecule has 1 aromatic carbocycles. The van der Waals surface area contributed by atoms with Gasteiger partial charge in [0.25, 0.3) is 5.91 Å². The maximum Gasteiger partial charge on any atom is 0.254 e. The van der Waals surface area contributed by atoms with Crippen LogP contribution in [0.1, 0.15) is 23.2 Å². The van der Waals surface area contributed by atoms with E-state index < -0.39 is 0 Å². The van der Waals surface area contributed by atoms with E-state index in [1.165, 1.54) is 6.07 Å². The molecule has 1 aliphatic rings. The number of rotatable bonds is 2. The van der Waals surface area contributed by atoms with Gasteiger partial charge in [-0.25, -0.2) is 0 Å². The van der Waals surface area contributed by atoms with Gasteiger partial charge in [0.1, 0.15) is 0 Å². The van der Waals surface area contributed by atoms with Crippen LogP contribution in [-0.2, 0) is 0 Å². The van der Waals surface area contributed by atoms with Gasteiger partial charge in [0, 0.05) is 30.1 Å². The number of amides is 1. The molecule has 0 unspecified atom stereocenters. The van der Waals surface area contributed by atoms with Crippen LogP contribution in [-0.4, -0.2) is 42.0 Å². The lowest BCUT2D eigenvalue weighted by Gasteiger charge is -2.31. The summed E-state index contributed by atoms with van der Waals surface area (Å²) in [5, 5.41) is 4.09. The average molecular weight is 322 g/mol. The first-order valence-electron chi connectivity index (χ1n) is 7.27. The SMILES string of the molecule is CN(C(=O)c1cc(=O)[nH]c2ccccc12)C1CCNCC1.Cl. The molecule has 0 atom stereocenters. The second kappa shape index (κ2) is 6.94. The Bertz CT molecular complexity index is 723. The third-order valence-electron chi connectivity index (χ3n) is 4.16. The summed E-state index contributed by atoms with van der Waals surface area (Å²) in [6.07, 6.45) is 1.90. The molecule has 0 saturated carbocycles. The van der Waals surface area contributed by atoms with E-state index in [1.54, 1.807) is 4.90 Å². The van der Waals surface area contributed by atoms with Crippen LogP contribution >= 0.6 is 12.4 Å². The van der Waals surface area contributed by atoms with Crippen molar-refractivity contribution in [2.75, 3.05) is 20.1 Å². The van der Waals surface area contributed by atoms with Crippen molar-refractivity contribution in [3.63, 3.8) is 0 Å². The fraction of sp³-hybridized carbons (Fsp3) is 0.375. The number of piperidine rings is 1. The highest BCUT2D eigenvalue weighted by Gasteiger charge is 2.24. The van der Waals surface area contributed by atoms with Gasteiger partial charge in [0.15, 0.2) is 0 Å². The molecule has 5 nitrogen and oxygen atoms in total. The maximum absolute atomic E-state index is 12.8. The van der Waals surface area contributed by atoms with Crippen molar-refractivity contribution in [2.45, 2.75) is 18.9 Å². The number of aromatic amines is 1. The first-order valence-corrected chi connectivity index (χ1v) is 7.27. The number of fused-ring (bicyclic) bond motifs is 1. The third-order valence-corrected chi connectivity index (χ3v) is 4.16. The Balaban J connectivity index is 0.00000176. The highest BCUT2D eigenvalue weighted by molar-refractivity contribution is 6.05. The Morgan fingerprint density at radius 1 is 1.23 bits per heavy atom. The number of H-pyrrole nitrogens is 1. The van der Waals surface area contributed by atoms with Crippen LogP contribution in [0.5, 0.6) is 0 Å². The number of carbonyl (C=O) groups is 1. The van der Waals surface area contributed by atoms with Crippen molar-refractivity contribution in [1.29, 1.82) is 0 Å². The number of halogens is 1. The van der Waals surface area contributed by atoms with Gasteiger partial charge in [-0.05, 0) is 32.0 Å². The van der Waals surface area contributed by atoms with Crippen LogP contribution in [0.15, 0.2) is 35.1 Å².